The smallest absolute Gasteiger partial charge is 0.219 e. The molecule has 3 N–H and O–H groups in total. The molecule has 1 aromatic heterocycles. The second kappa shape index (κ2) is 11.6. The number of aromatic nitrogens is 2. The summed E-state index contributed by atoms with van der Waals surface area (Å²) in [4.78, 5) is 18.4. The van der Waals surface area contributed by atoms with E-state index in [1.165, 1.54) is 10.2 Å². The Hall–Kier alpha value is -3.25. The maximum atomic E-state index is 12.9. The number of anilines is 2. The number of amides is 1. The second-order valence-corrected chi connectivity index (χ2v) is 14.1. The van der Waals surface area contributed by atoms with Gasteiger partial charge in [0.15, 0.2) is 6.29 Å². The highest BCUT2D eigenvalue weighted by Crippen LogP contribution is 2.39. The number of amidine groups is 1. The van der Waals surface area contributed by atoms with Crippen molar-refractivity contribution in [2.75, 3.05) is 23.7 Å². The predicted molar refractivity (Wildman–Crippen MR) is 160 cm³/mol. The van der Waals surface area contributed by atoms with Gasteiger partial charge < -0.3 is 25.6 Å². The van der Waals surface area contributed by atoms with Gasteiger partial charge in [-0.2, -0.15) is 5.10 Å². The first-order chi connectivity index (χ1) is 19.4. The zero-order chi connectivity index (χ0) is 29.5. The van der Waals surface area contributed by atoms with Crippen LogP contribution >= 0.6 is 11.6 Å². The Kier molecular flexibility index (Phi) is 8.24. The van der Waals surface area contributed by atoms with Crippen LogP contribution in [0.5, 0.6) is 5.75 Å². The molecule has 3 heterocycles. The Balaban J connectivity index is 1.38. The number of piperidine rings is 1. The van der Waals surface area contributed by atoms with E-state index < -0.39 is 21.4 Å². The zero-order valence-corrected chi connectivity index (χ0v) is 25.6. The molecule has 0 radical (unpaired) electrons. The van der Waals surface area contributed by atoms with Crippen LogP contribution in [0.15, 0.2) is 39.6 Å². The average molecular weight is 604 g/mol. The largest absolute Gasteiger partial charge is 0.488 e. The molecule has 2 aromatic rings. The second-order valence-electron chi connectivity index (χ2n) is 11.2. The molecule has 1 aliphatic carbocycles. The molecule has 222 valence electrons. The van der Waals surface area contributed by atoms with Crippen molar-refractivity contribution in [3.8, 4) is 5.75 Å². The van der Waals surface area contributed by atoms with Gasteiger partial charge in [-0.3, -0.25) is 9.48 Å². The van der Waals surface area contributed by atoms with Crippen LogP contribution in [0.1, 0.15) is 63.5 Å². The number of hydrogen-bond donors (Lipinski definition) is 3. The number of sulfone groups is 1. The lowest BCUT2D eigenvalue weighted by Crippen LogP contribution is -2.37. The van der Waals surface area contributed by atoms with E-state index in [-0.39, 0.29) is 17.0 Å². The average Bonchev–Trinajstić information content (AvgIpc) is 3.66. The number of likely N-dealkylation sites (tertiary alicyclic amines) is 1. The summed E-state index contributed by atoms with van der Waals surface area (Å²) in [5.74, 6) is 1.57. The summed E-state index contributed by atoms with van der Waals surface area (Å²) in [7, 11) is -1.97. The van der Waals surface area contributed by atoms with Gasteiger partial charge in [0.25, 0.3) is 0 Å². The minimum atomic E-state index is -3.63. The molecule has 1 saturated heterocycles. The van der Waals surface area contributed by atoms with Gasteiger partial charge in [-0.1, -0.05) is 11.6 Å². The summed E-state index contributed by atoms with van der Waals surface area (Å²) >= 11 is 6.46. The van der Waals surface area contributed by atoms with Gasteiger partial charge in [0.05, 0.1) is 27.8 Å². The Morgan fingerprint density at radius 1 is 1.17 bits per heavy atom. The van der Waals surface area contributed by atoms with Gasteiger partial charge in [0, 0.05) is 39.5 Å². The number of ether oxygens (including phenoxy) is 1. The number of benzene rings is 1. The fraction of sp³-hybridized carbons (Fsp3) is 0.536. The first-order valence-corrected chi connectivity index (χ1v) is 15.9. The van der Waals surface area contributed by atoms with E-state index in [1.807, 2.05) is 4.90 Å². The number of carbonyl (C=O) groups is 1. The summed E-state index contributed by atoms with van der Waals surface area (Å²) in [6.45, 7) is 8.48. The topological polar surface area (TPSA) is 130 Å². The highest BCUT2D eigenvalue weighted by molar-refractivity contribution is 7.92. The number of aryl methyl sites for hydroxylation is 2. The van der Waals surface area contributed by atoms with Crippen molar-refractivity contribution in [2.24, 2.45) is 12.0 Å². The third-order valence-electron chi connectivity index (χ3n) is 7.65. The molecule has 41 heavy (non-hydrogen) atoms. The van der Waals surface area contributed by atoms with E-state index in [1.54, 1.807) is 40.2 Å². The molecule has 2 aliphatic heterocycles. The number of nitrogens with zero attached hydrogens (tertiary/aromatic N) is 4. The summed E-state index contributed by atoms with van der Waals surface area (Å²) in [6.07, 6.45) is 6.72. The van der Waals surface area contributed by atoms with Crippen molar-refractivity contribution in [1.82, 2.24) is 20.0 Å². The van der Waals surface area contributed by atoms with Crippen LogP contribution in [0.3, 0.4) is 0 Å². The molecule has 5 rings (SSSR count). The van der Waals surface area contributed by atoms with Crippen LogP contribution in [-0.2, 0) is 21.7 Å². The number of aliphatic imine (C=N–C) groups is 1. The zero-order valence-electron chi connectivity index (χ0n) is 24.1. The van der Waals surface area contributed by atoms with E-state index in [0.29, 0.717) is 22.5 Å². The van der Waals surface area contributed by atoms with Gasteiger partial charge in [-0.15, -0.1) is 0 Å². The van der Waals surface area contributed by atoms with Crippen molar-refractivity contribution >= 4 is 44.6 Å². The molecular weight excluding hydrogens is 566 g/mol. The number of halogens is 1. The molecular formula is C28H38ClN7O4S. The van der Waals surface area contributed by atoms with Crippen LogP contribution in [0.4, 0.5) is 11.4 Å². The highest BCUT2D eigenvalue weighted by Gasteiger charge is 2.30. The van der Waals surface area contributed by atoms with Crippen molar-refractivity contribution < 1.29 is 17.9 Å². The van der Waals surface area contributed by atoms with E-state index in [4.69, 9.17) is 21.3 Å². The van der Waals surface area contributed by atoms with Crippen molar-refractivity contribution in [2.45, 2.75) is 82.0 Å². The predicted octanol–water partition coefficient (Wildman–Crippen LogP) is 4.07. The number of hydrogen-bond acceptors (Lipinski definition) is 9. The highest BCUT2D eigenvalue weighted by atomic mass is 35.5. The van der Waals surface area contributed by atoms with E-state index in [0.717, 1.165) is 55.8 Å². The van der Waals surface area contributed by atoms with Gasteiger partial charge in [0.2, 0.25) is 20.8 Å². The molecule has 0 bridgehead atoms. The van der Waals surface area contributed by atoms with Crippen molar-refractivity contribution in [3.05, 3.63) is 40.7 Å². The molecule has 1 unspecified atom stereocenters. The van der Waals surface area contributed by atoms with Crippen LogP contribution in [0.2, 0.25) is 0 Å². The van der Waals surface area contributed by atoms with Gasteiger partial charge >= 0.3 is 0 Å². The Morgan fingerprint density at radius 3 is 2.51 bits per heavy atom. The van der Waals surface area contributed by atoms with Crippen LogP contribution in [0, 0.1) is 6.92 Å². The van der Waals surface area contributed by atoms with Crippen LogP contribution in [0.25, 0.3) is 0 Å². The molecule has 1 amide bonds. The Bertz CT molecular complexity index is 1490. The summed E-state index contributed by atoms with van der Waals surface area (Å²) in [5, 5.41) is 13.4. The summed E-state index contributed by atoms with van der Waals surface area (Å²) in [6, 6.07) is 4.22. The van der Waals surface area contributed by atoms with Crippen LogP contribution in [-0.4, -0.2) is 65.6 Å². The van der Waals surface area contributed by atoms with Crippen molar-refractivity contribution in [3.63, 3.8) is 0 Å². The van der Waals surface area contributed by atoms with Gasteiger partial charge in [0.1, 0.15) is 11.6 Å². The van der Waals surface area contributed by atoms with E-state index in [2.05, 4.69) is 40.1 Å². The quantitative estimate of drug-likeness (QED) is 0.412. The number of carbonyl (C=O) groups excluding carboxylic acids is 1. The molecule has 3 aliphatic rings. The number of rotatable bonds is 8. The monoisotopic (exact) mass is 603 g/mol. The molecule has 2 fully saturated rings. The molecule has 1 aromatic carbocycles. The van der Waals surface area contributed by atoms with Gasteiger partial charge in [-0.25, -0.2) is 13.4 Å². The lowest BCUT2D eigenvalue weighted by Gasteiger charge is -2.33. The minimum Gasteiger partial charge on any atom is -0.488 e. The first kappa shape index (κ1) is 29.2. The third kappa shape index (κ3) is 6.48. The fourth-order valence-corrected chi connectivity index (χ4v) is 6.36. The molecule has 11 nitrogen and oxygen atoms in total. The maximum Gasteiger partial charge on any atom is 0.219 e. The third-order valence-corrected chi connectivity index (χ3v) is 10.0. The first-order valence-electron chi connectivity index (χ1n) is 14.0. The standard InChI is InChI=1S/C28H38ClN7O4S/c1-16(2)41(38,39)27-24(15-35(5)34-27)31-26-22(29)14-30-28(33-26)32-23-12-17(3)21(13-25(23)40-20-6-7-20)19-8-10-36(11-9-19)18(4)37/h12-16,19-20,28,30,32H,6-11H2,1-5H3,(H,31,33). The lowest BCUT2D eigenvalue weighted by molar-refractivity contribution is -0.129. The van der Waals surface area contributed by atoms with Crippen molar-refractivity contribution in [1.29, 1.82) is 0 Å². The maximum absolute atomic E-state index is 12.9. The molecule has 0 spiro atoms. The summed E-state index contributed by atoms with van der Waals surface area (Å²) in [5.41, 5.74) is 3.49. The van der Waals surface area contributed by atoms with E-state index in [9.17, 15) is 13.2 Å². The minimum absolute atomic E-state index is 0.0503. The Labute approximate surface area is 246 Å². The van der Waals surface area contributed by atoms with Crippen LogP contribution < -0.4 is 20.7 Å². The Morgan fingerprint density at radius 2 is 1.88 bits per heavy atom. The van der Waals surface area contributed by atoms with E-state index >= 15 is 0 Å². The summed E-state index contributed by atoms with van der Waals surface area (Å²) < 4.78 is 33.5. The molecule has 13 heteroatoms. The number of nitrogens with one attached hydrogen (secondary N) is 3. The molecule has 1 atom stereocenters. The molecule has 1 saturated carbocycles. The fourth-order valence-electron chi connectivity index (χ4n) is 5.10. The normalized spacial score (nSPS) is 19.9. The lowest BCUT2D eigenvalue weighted by atomic mass is 9.86. The van der Waals surface area contributed by atoms with Gasteiger partial charge in [-0.05, 0) is 75.6 Å². The SMILES string of the molecule is CC(=O)N1CCC(c2cc(OC3CC3)c(NC3N=C(Nc4cn(C)nc4S(=O)(=O)C(C)C)C(Cl)=CN3)cc2C)CC1.